The Morgan fingerprint density at radius 1 is 0.786 bits per heavy atom. The minimum atomic E-state index is -0.604. The molecule has 0 spiro atoms. The number of hydrogen-bond acceptors (Lipinski definition) is 8. The van der Waals surface area contributed by atoms with E-state index in [-0.39, 0.29) is 43.6 Å². The molecule has 0 saturated carbocycles. The quantitative estimate of drug-likeness (QED) is 0.426. The molecule has 8 heteroatoms. The van der Waals surface area contributed by atoms with E-state index in [2.05, 4.69) is 0 Å². The van der Waals surface area contributed by atoms with E-state index < -0.39 is 18.3 Å². The lowest BCUT2D eigenvalue weighted by Gasteiger charge is -2.39. The van der Waals surface area contributed by atoms with Crippen molar-refractivity contribution >= 4 is 0 Å². The van der Waals surface area contributed by atoms with Crippen LogP contribution in [0.15, 0.2) is 0 Å². The molecule has 0 bridgehead atoms. The lowest BCUT2D eigenvalue weighted by molar-refractivity contribution is -0.267. The van der Waals surface area contributed by atoms with Crippen LogP contribution in [0.2, 0.25) is 0 Å². The summed E-state index contributed by atoms with van der Waals surface area (Å²) in [5.41, 5.74) is 0. The molecule has 8 nitrogen and oxygen atoms in total. The van der Waals surface area contributed by atoms with Crippen LogP contribution in [-0.2, 0) is 18.9 Å². The number of aliphatic hydroxyl groups is 4. The molecule has 0 radical (unpaired) electrons. The summed E-state index contributed by atoms with van der Waals surface area (Å²) in [7, 11) is 0. The van der Waals surface area contributed by atoms with Crippen LogP contribution in [0, 0.1) is 0 Å². The molecule has 2 aliphatic heterocycles. The zero-order chi connectivity index (χ0) is 20.7. The van der Waals surface area contributed by atoms with E-state index in [1.165, 1.54) is 0 Å². The Hall–Kier alpha value is -0.320. The standard InChI is InChI=1S/C20H38O8/c1-12(22)6-16(24)8-18-10-20(28-14(3)26-18)11-19-9-17(25-13(2)27-19)7-15(23)4-5-21/h12-24H,4-11H2,1-3H3. The molecular formula is C20H38O8. The van der Waals surface area contributed by atoms with Crippen molar-refractivity contribution in [2.45, 2.75) is 121 Å². The van der Waals surface area contributed by atoms with E-state index in [9.17, 15) is 15.3 Å². The van der Waals surface area contributed by atoms with Crippen LogP contribution in [0.3, 0.4) is 0 Å². The van der Waals surface area contributed by atoms with Crippen molar-refractivity contribution in [3.8, 4) is 0 Å². The van der Waals surface area contributed by atoms with Gasteiger partial charge in [0, 0.05) is 25.9 Å². The largest absolute Gasteiger partial charge is 0.396 e. The number of hydrogen-bond donors (Lipinski definition) is 4. The molecule has 9 unspecified atom stereocenters. The van der Waals surface area contributed by atoms with Crippen LogP contribution < -0.4 is 0 Å². The van der Waals surface area contributed by atoms with E-state index in [0.717, 1.165) is 0 Å². The molecule has 0 aromatic heterocycles. The molecule has 166 valence electrons. The molecular weight excluding hydrogens is 368 g/mol. The Morgan fingerprint density at radius 2 is 1.25 bits per heavy atom. The molecule has 4 N–H and O–H groups in total. The van der Waals surface area contributed by atoms with Crippen molar-refractivity contribution in [1.29, 1.82) is 0 Å². The average Bonchev–Trinajstić information content (AvgIpc) is 2.52. The molecule has 2 heterocycles. The lowest BCUT2D eigenvalue weighted by Crippen LogP contribution is -2.44. The fourth-order valence-electron chi connectivity index (χ4n) is 4.22. The smallest absolute Gasteiger partial charge is 0.155 e. The summed E-state index contributed by atoms with van der Waals surface area (Å²) in [4.78, 5) is 0. The maximum absolute atomic E-state index is 10.1. The summed E-state index contributed by atoms with van der Waals surface area (Å²) in [6.07, 6.45) is 0.855. The molecule has 0 amide bonds. The fraction of sp³-hybridized carbons (Fsp3) is 1.00. The third-order valence-electron chi connectivity index (χ3n) is 5.26. The Kier molecular flexibility index (Phi) is 10.1. The first kappa shape index (κ1) is 24.0. The van der Waals surface area contributed by atoms with Gasteiger partial charge in [0.05, 0.1) is 42.7 Å². The van der Waals surface area contributed by atoms with E-state index in [0.29, 0.717) is 44.9 Å². The van der Waals surface area contributed by atoms with E-state index in [1.807, 2.05) is 13.8 Å². The first-order valence-corrected chi connectivity index (χ1v) is 10.5. The van der Waals surface area contributed by atoms with Crippen molar-refractivity contribution in [2.24, 2.45) is 0 Å². The molecule has 2 aliphatic rings. The zero-order valence-electron chi connectivity index (χ0n) is 17.3. The number of aliphatic hydroxyl groups excluding tert-OH is 4. The predicted molar refractivity (Wildman–Crippen MR) is 102 cm³/mol. The van der Waals surface area contributed by atoms with Gasteiger partial charge in [0.1, 0.15) is 0 Å². The molecule has 0 aromatic carbocycles. The van der Waals surface area contributed by atoms with E-state index in [1.54, 1.807) is 6.92 Å². The molecule has 9 atom stereocenters. The van der Waals surface area contributed by atoms with Gasteiger partial charge in [-0.2, -0.15) is 0 Å². The van der Waals surface area contributed by atoms with Crippen LogP contribution in [0.5, 0.6) is 0 Å². The summed E-state index contributed by atoms with van der Waals surface area (Å²) in [5, 5.41) is 38.4. The van der Waals surface area contributed by atoms with Crippen LogP contribution >= 0.6 is 0 Å². The maximum Gasteiger partial charge on any atom is 0.155 e. The minimum Gasteiger partial charge on any atom is -0.396 e. The van der Waals surface area contributed by atoms with Gasteiger partial charge in [-0.15, -0.1) is 0 Å². The average molecular weight is 407 g/mol. The first-order valence-electron chi connectivity index (χ1n) is 10.5. The van der Waals surface area contributed by atoms with Gasteiger partial charge in [-0.1, -0.05) is 0 Å². The van der Waals surface area contributed by atoms with Crippen LogP contribution in [0.1, 0.15) is 65.7 Å². The highest BCUT2D eigenvalue weighted by Gasteiger charge is 2.35. The van der Waals surface area contributed by atoms with Gasteiger partial charge in [0.2, 0.25) is 0 Å². The van der Waals surface area contributed by atoms with Gasteiger partial charge in [-0.25, -0.2) is 0 Å². The van der Waals surface area contributed by atoms with Crippen molar-refractivity contribution in [1.82, 2.24) is 0 Å². The van der Waals surface area contributed by atoms with Gasteiger partial charge in [-0.3, -0.25) is 0 Å². The molecule has 2 saturated heterocycles. The van der Waals surface area contributed by atoms with Crippen molar-refractivity contribution in [2.75, 3.05) is 6.61 Å². The highest BCUT2D eigenvalue weighted by molar-refractivity contribution is 4.81. The second kappa shape index (κ2) is 11.8. The van der Waals surface area contributed by atoms with Crippen molar-refractivity contribution < 1.29 is 39.4 Å². The monoisotopic (exact) mass is 406 g/mol. The maximum atomic E-state index is 10.1. The number of ether oxygens (including phenoxy) is 4. The van der Waals surface area contributed by atoms with E-state index in [4.69, 9.17) is 24.1 Å². The van der Waals surface area contributed by atoms with Gasteiger partial charge >= 0.3 is 0 Å². The Balaban J connectivity index is 1.84. The summed E-state index contributed by atoms with van der Waals surface area (Å²) in [6.45, 7) is 5.32. The highest BCUT2D eigenvalue weighted by atomic mass is 16.7. The zero-order valence-corrected chi connectivity index (χ0v) is 17.3. The van der Waals surface area contributed by atoms with Crippen molar-refractivity contribution in [3.05, 3.63) is 0 Å². The Morgan fingerprint density at radius 3 is 1.71 bits per heavy atom. The molecule has 2 fully saturated rings. The van der Waals surface area contributed by atoms with Gasteiger partial charge in [-0.05, 0) is 46.5 Å². The molecule has 28 heavy (non-hydrogen) atoms. The summed E-state index contributed by atoms with van der Waals surface area (Å²) >= 11 is 0. The Labute approximate surface area is 167 Å². The van der Waals surface area contributed by atoms with Gasteiger partial charge in [0.15, 0.2) is 12.6 Å². The first-order chi connectivity index (χ1) is 13.2. The second-order valence-corrected chi connectivity index (χ2v) is 8.25. The van der Waals surface area contributed by atoms with Crippen LogP contribution in [0.25, 0.3) is 0 Å². The van der Waals surface area contributed by atoms with Crippen molar-refractivity contribution in [3.63, 3.8) is 0 Å². The summed E-state index contributed by atoms with van der Waals surface area (Å²) < 4.78 is 23.4. The van der Waals surface area contributed by atoms with Crippen LogP contribution in [0.4, 0.5) is 0 Å². The van der Waals surface area contributed by atoms with Gasteiger partial charge in [0.25, 0.3) is 0 Å². The third-order valence-corrected chi connectivity index (χ3v) is 5.26. The number of rotatable bonds is 10. The highest BCUT2D eigenvalue weighted by Crippen LogP contribution is 2.30. The SMILES string of the molecule is CC(O)CC(O)CC1CC(CC2CC(CC(O)CCO)OC(C)O2)OC(C)O1. The molecule has 0 aromatic rings. The summed E-state index contributed by atoms with van der Waals surface area (Å²) in [5.74, 6) is 0. The van der Waals surface area contributed by atoms with E-state index >= 15 is 0 Å². The molecule has 2 rings (SSSR count). The van der Waals surface area contributed by atoms with Gasteiger partial charge < -0.3 is 39.4 Å². The minimum absolute atomic E-state index is 0.0422. The lowest BCUT2D eigenvalue weighted by atomic mass is 9.94. The summed E-state index contributed by atoms with van der Waals surface area (Å²) in [6, 6.07) is 0. The molecule has 0 aliphatic carbocycles. The normalized spacial score (nSPS) is 37.4. The Bertz CT molecular complexity index is 434. The van der Waals surface area contributed by atoms with Crippen LogP contribution in [-0.4, -0.2) is 82.3 Å². The predicted octanol–water partition coefficient (Wildman–Crippen LogP) is 1.07. The fourth-order valence-corrected chi connectivity index (χ4v) is 4.22. The second-order valence-electron chi connectivity index (χ2n) is 8.25. The topological polar surface area (TPSA) is 118 Å². The third kappa shape index (κ3) is 8.59.